The number of carbonyl (C=O) groups excluding carboxylic acids is 1. The number of nitro benzene ring substituents is 1. The van der Waals surface area contributed by atoms with E-state index in [9.17, 15) is 14.9 Å². The van der Waals surface area contributed by atoms with Gasteiger partial charge in [-0.25, -0.2) is 4.68 Å². The van der Waals surface area contributed by atoms with Crippen LogP contribution >= 0.6 is 0 Å². The van der Waals surface area contributed by atoms with E-state index in [0.29, 0.717) is 29.0 Å². The Kier molecular flexibility index (Phi) is 6.73. The number of aromatic nitrogens is 2. The first kappa shape index (κ1) is 25.9. The summed E-state index contributed by atoms with van der Waals surface area (Å²) in [7, 11) is 0. The minimum absolute atomic E-state index is 0.0329. The summed E-state index contributed by atoms with van der Waals surface area (Å²) >= 11 is 0. The summed E-state index contributed by atoms with van der Waals surface area (Å²) in [4.78, 5) is 26.3. The van der Waals surface area contributed by atoms with E-state index in [0.717, 1.165) is 48.3 Å². The fourth-order valence-electron chi connectivity index (χ4n) is 5.50. The van der Waals surface area contributed by atoms with Crippen molar-refractivity contribution in [2.45, 2.75) is 78.7 Å². The molecule has 1 saturated heterocycles. The number of rotatable bonds is 6. The van der Waals surface area contributed by atoms with Crippen LogP contribution in [0.2, 0.25) is 0 Å². The molecule has 0 N–H and O–H groups in total. The van der Waals surface area contributed by atoms with Gasteiger partial charge in [0.05, 0.1) is 22.7 Å². The van der Waals surface area contributed by atoms with Gasteiger partial charge in [-0.2, -0.15) is 5.10 Å². The predicted octanol–water partition coefficient (Wildman–Crippen LogP) is 6.04. The van der Waals surface area contributed by atoms with Gasteiger partial charge < -0.3 is 14.4 Å². The third kappa shape index (κ3) is 4.78. The molecule has 1 fully saturated rings. The fraction of sp³-hybridized carbons (Fsp3) is 0.448. The van der Waals surface area contributed by atoms with Crippen LogP contribution < -0.4 is 9.64 Å². The molecule has 1 atom stereocenters. The third-order valence-corrected chi connectivity index (χ3v) is 7.58. The standard InChI is InChI=1S/C29H34N4O5/c1-18-19(2)28-23(16-29(4,5)38-28)24(27(18)33(35)36)17-31(20(3)34)22-11-9-21(10-12-22)25-13-14-32(30-25)26-8-6-7-15-37-26/h9-14,26H,6-8,15-17H2,1-5H3. The molecule has 1 amide bonds. The highest BCUT2D eigenvalue weighted by atomic mass is 16.6. The van der Waals surface area contributed by atoms with Crippen molar-refractivity contribution >= 4 is 17.3 Å². The molecular formula is C29H34N4O5. The summed E-state index contributed by atoms with van der Waals surface area (Å²) in [5, 5.41) is 16.9. The second kappa shape index (κ2) is 9.87. The lowest BCUT2D eigenvalue weighted by Gasteiger charge is -2.24. The molecule has 38 heavy (non-hydrogen) atoms. The summed E-state index contributed by atoms with van der Waals surface area (Å²) in [6, 6.07) is 9.52. The number of nitrogens with zero attached hydrogens (tertiary/aromatic N) is 4. The highest BCUT2D eigenvalue weighted by molar-refractivity contribution is 5.92. The van der Waals surface area contributed by atoms with Gasteiger partial charge in [0.15, 0.2) is 0 Å². The van der Waals surface area contributed by atoms with Crippen LogP contribution in [0.1, 0.15) is 68.5 Å². The van der Waals surface area contributed by atoms with Gasteiger partial charge >= 0.3 is 0 Å². The first-order valence-corrected chi connectivity index (χ1v) is 13.1. The van der Waals surface area contributed by atoms with E-state index in [2.05, 4.69) is 0 Å². The van der Waals surface area contributed by atoms with Crippen molar-refractivity contribution in [1.82, 2.24) is 9.78 Å². The number of carbonyl (C=O) groups is 1. The Morgan fingerprint density at radius 1 is 1.18 bits per heavy atom. The van der Waals surface area contributed by atoms with Crippen molar-refractivity contribution in [1.29, 1.82) is 0 Å². The van der Waals surface area contributed by atoms with Crippen LogP contribution in [0.15, 0.2) is 36.5 Å². The lowest BCUT2D eigenvalue weighted by atomic mass is 9.91. The number of ether oxygens (including phenoxy) is 2. The molecule has 1 aromatic heterocycles. The number of anilines is 1. The van der Waals surface area contributed by atoms with Crippen molar-refractivity contribution in [3.05, 3.63) is 68.9 Å². The molecule has 9 nitrogen and oxygen atoms in total. The molecule has 0 saturated carbocycles. The van der Waals surface area contributed by atoms with Gasteiger partial charge in [0.1, 0.15) is 17.6 Å². The first-order chi connectivity index (χ1) is 18.1. The minimum atomic E-state index is -0.474. The topological polar surface area (TPSA) is 99.7 Å². The van der Waals surface area contributed by atoms with E-state index >= 15 is 0 Å². The molecular weight excluding hydrogens is 484 g/mol. The molecule has 0 spiro atoms. The number of nitro groups is 1. The lowest BCUT2D eigenvalue weighted by Crippen LogP contribution is -2.29. The molecule has 2 aliphatic rings. The predicted molar refractivity (Wildman–Crippen MR) is 144 cm³/mol. The van der Waals surface area contributed by atoms with Crippen molar-refractivity contribution in [3.8, 4) is 17.0 Å². The first-order valence-electron chi connectivity index (χ1n) is 13.1. The smallest absolute Gasteiger partial charge is 0.278 e. The normalized spacial score (nSPS) is 18.1. The molecule has 1 unspecified atom stereocenters. The van der Waals surface area contributed by atoms with Gasteiger partial charge in [-0.1, -0.05) is 12.1 Å². The van der Waals surface area contributed by atoms with Crippen LogP contribution in [0.25, 0.3) is 11.3 Å². The Labute approximate surface area is 222 Å². The van der Waals surface area contributed by atoms with Gasteiger partial charge in [0.2, 0.25) is 5.91 Å². The Balaban J connectivity index is 1.46. The summed E-state index contributed by atoms with van der Waals surface area (Å²) in [6.45, 7) is 9.86. The Morgan fingerprint density at radius 3 is 2.55 bits per heavy atom. The molecule has 200 valence electrons. The monoisotopic (exact) mass is 518 g/mol. The van der Waals surface area contributed by atoms with E-state index < -0.39 is 5.60 Å². The average molecular weight is 519 g/mol. The van der Waals surface area contributed by atoms with Gasteiger partial charge in [-0.15, -0.1) is 0 Å². The van der Waals surface area contributed by atoms with Crippen LogP contribution in [0.5, 0.6) is 5.75 Å². The number of amides is 1. The Hall–Kier alpha value is -3.72. The maximum atomic E-state index is 12.8. The molecule has 9 heteroatoms. The third-order valence-electron chi connectivity index (χ3n) is 7.58. The van der Waals surface area contributed by atoms with Crippen molar-refractivity contribution in [3.63, 3.8) is 0 Å². The molecule has 2 aliphatic heterocycles. The van der Waals surface area contributed by atoms with Crippen LogP contribution in [0.3, 0.4) is 0 Å². The van der Waals surface area contributed by atoms with Crippen LogP contribution in [0.4, 0.5) is 11.4 Å². The zero-order chi connectivity index (χ0) is 27.2. The zero-order valence-corrected chi connectivity index (χ0v) is 22.6. The van der Waals surface area contributed by atoms with Crippen molar-refractivity contribution in [2.75, 3.05) is 11.5 Å². The summed E-state index contributed by atoms with van der Waals surface area (Å²) in [5.74, 6) is 0.500. The van der Waals surface area contributed by atoms with Gasteiger partial charge in [-0.05, 0) is 65.2 Å². The Morgan fingerprint density at radius 2 is 1.92 bits per heavy atom. The lowest BCUT2D eigenvalue weighted by molar-refractivity contribution is -0.386. The van der Waals surface area contributed by atoms with Gasteiger partial charge in [-0.3, -0.25) is 14.9 Å². The molecule has 3 heterocycles. The molecule has 0 bridgehead atoms. The van der Waals surface area contributed by atoms with E-state index in [1.807, 2.05) is 62.0 Å². The number of fused-ring (bicyclic) bond motifs is 1. The summed E-state index contributed by atoms with van der Waals surface area (Å²) in [5.41, 5.74) is 4.67. The van der Waals surface area contributed by atoms with Crippen LogP contribution in [-0.2, 0) is 22.5 Å². The highest BCUT2D eigenvalue weighted by Gasteiger charge is 2.39. The number of benzene rings is 2. The molecule has 0 radical (unpaired) electrons. The minimum Gasteiger partial charge on any atom is -0.487 e. The number of hydrogen-bond acceptors (Lipinski definition) is 6. The van der Waals surface area contributed by atoms with Crippen molar-refractivity contribution < 1.29 is 19.2 Å². The Bertz CT molecular complexity index is 1390. The summed E-state index contributed by atoms with van der Waals surface area (Å²) < 4.78 is 13.9. The molecule has 5 rings (SSSR count). The molecule has 0 aliphatic carbocycles. The second-order valence-electron chi connectivity index (χ2n) is 10.8. The maximum absolute atomic E-state index is 12.8. The van der Waals surface area contributed by atoms with Crippen molar-refractivity contribution in [2.24, 2.45) is 0 Å². The highest BCUT2D eigenvalue weighted by Crippen LogP contribution is 2.46. The van der Waals surface area contributed by atoms with Crippen LogP contribution in [0, 0.1) is 24.0 Å². The fourth-order valence-corrected chi connectivity index (χ4v) is 5.50. The second-order valence-corrected chi connectivity index (χ2v) is 10.8. The molecule has 2 aromatic carbocycles. The van der Waals surface area contributed by atoms with E-state index in [1.54, 1.807) is 11.8 Å². The van der Waals surface area contributed by atoms with E-state index in [1.165, 1.54) is 6.92 Å². The maximum Gasteiger partial charge on any atom is 0.278 e. The van der Waals surface area contributed by atoms with Gasteiger partial charge in [0, 0.05) is 54.1 Å². The zero-order valence-electron chi connectivity index (χ0n) is 22.6. The van der Waals surface area contributed by atoms with E-state index in [4.69, 9.17) is 14.6 Å². The largest absolute Gasteiger partial charge is 0.487 e. The van der Waals surface area contributed by atoms with Crippen LogP contribution in [-0.4, -0.2) is 32.8 Å². The number of hydrogen-bond donors (Lipinski definition) is 0. The average Bonchev–Trinajstić information content (AvgIpc) is 3.50. The SMILES string of the molecule is CC(=O)N(Cc1c2c(c(C)c(C)c1[N+](=O)[O-])OC(C)(C)C2)c1ccc(-c2ccn(C3CCCCO3)n2)cc1. The quantitative estimate of drug-likeness (QED) is 0.291. The van der Waals surface area contributed by atoms with E-state index in [-0.39, 0.29) is 29.3 Å². The summed E-state index contributed by atoms with van der Waals surface area (Å²) in [6.07, 6.45) is 5.60. The van der Waals surface area contributed by atoms with Gasteiger partial charge in [0.25, 0.3) is 5.69 Å². The molecule has 3 aromatic rings.